The molecule has 0 amide bonds. The number of hydrogen-bond acceptors (Lipinski definition) is 3. The van der Waals surface area contributed by atoms with Crippen LogP contribution in [0.15, 0.2) is 150 Å². The predicted molar refractivity (Wildman–Crippen MR) is 210 cm³/mol. The molecule has 5 heterocycles. The summed E-state index contributed by atoms with van der Waals surface area (Å²) < 4.78 is 11.3. The van der Waals surface area contributed by atoms with Crippen LogP contribution in [0, 0.1) is 0 Å². The SMILES string of the molecule is c1ccc2c(-c3cccc4c3oc3ccccc34)nc(-n3c4ccc5cccc6c5c4c4c5c(ccc7c8ccccc8n6c75)ccc43)nc2c1. The minimum atomic E-state index is 0.640. The number of rotatable bonds is 2. The molecule has 0 aliphatic heterocycles. The maximum absolute atomic E-state index is 6.56. The summed E-state index contributed by atoms with van der Waals surface area (Å²) in [5.74, 6) is 0.640. The highest BCUT2D eigenvalue weighted by Gasteiger charge is 2.26. The van der Waals surface area contributed by atoms with Gasteiger partial charge < -0.3 is 8.82 Å². The van der Waals surface area contributed by atoms with Gasteiger partial charge in [0.2, 0.25) is 5.95 Å². The quantitative estimate of drug-likeness (QED) is 0.187. The summed E-state index contributed by atoms with van der Waals surface area (Å²) in [7, 11) is 0. The average molecular weight is 649 g/mol. The van der Waals surface area contributed by atoms with Crippen LogP contribution >= 0.6 is 0 Å². The lowest BCUT2D eigenvalue weighted by Crippen LogP contribution is -2.03. The van der Waals surface area contributed by atoms with Crippen molar-refractivity contribution in [2.45, 2.75) is 0 Å². The monoisotopic (exact) mass is 648 g/mol. The molecule has 5 nitrogen and oxygen atoms in total. The molecule has 13 aromatic rings. The number of para-hydroxylation sites is 4. The van der Waals surface area contributed by atoms with E-state index in [1.807, 2.05) is 12.1 Å². The van der Waals surface area contributed by atoms with Crippen molar-refractivity contribution in [2.75, 3.05) is 0 Å². The van der Waals surface area contributed by atoms with E-state index in [0.717, 1.165) is 55.1 Å². The van der Waals surface area contributed by atoms with E-state index in [9.17, 15) is 0 Å². The molecule has 0 atom stereocenters. The zero-order valence-electron chi connectivity index (χ0n) is 27.1. The molecule has 0 saturated carbocycles. The summed E-state index contributed by atoms with van der Waals surface area (Å²) in [6.07, 6.45) is 0. The van der Waals surface area contributed by atoms with Crippen LogP contribution in [0.3, 0.4) is 0 Å². The number of hydrogen-bond donors (Lipinski definition) is 0. The molecule has 234 valence electrons. The van der Waals surface area contributed by atoms with Gasteiger partial charge in [0, 0.05) is 54.0 Å². The van der Waals surface area contributed by atoms with Crippen molar-refractivity contribution in [1.29, 1.82) is 0 Å². The maximum atomic E-state index is 6.56. The highest BCUT2D eigenvalue weighted by Crippen LogP contribution is 2.47. The van der Waals surface area contributed by atoms with Crippen molar-refractivity contribution in [3.8, 4) is 17.2 Å². The van der Waals surface area contributed by atoms with Crippen LogP contribution in [0.1, 0.15) is 0 Å². The molecule has 0 saturated heterocycles. The van der Waals surface area contributed by atoms with Crippen molar-refractivity contribution in [3.05, 3.63) is 146 Å². The number of nitrogens with zero attached hydrogens (tertiary/aromatic N) is 4. The predicted octanol–water partition coefficient (Wildman–Crippen LogP) is 12.0. The van der Waals surface area contributed by atoms with Gasteiger partial charge in [-0.3, -0.25) is 4.57 Å². The molecular weight excluding hydrogens is 625 g/mol. The van der Waals surface area contributed by atoms with Crippen LogP contribution in [0.2, 0.25) is 0 Å². The summed E-state index contributed by atoms with van der Waals surface area (Å²) in [4.78, 5) is 10.8. The Hall–Kier alpha value is -6.98. The highest BCUT2D eigenvalue weighted by atomic mass is 16.3. The zero-order valence-corrected chi connectivity index (χ0v) is 27.1. The average Bonchev–Trinajstić information content (AvgIpc) is 3.82. The van der Waals surface area contributed by atoms with Crippen LogP contribution in [0.4, 0.5) is 0 Å². The lowest BCUT2D eigenvalue weighted by molar-refractivity contribution is 0.670. The fourth-order valence-electron chi connectivity index (χ4n) is 9.17. The van der Waals surface area contributed by atoms with Crippen molar-refractivity contribution in [2.24, 2.45) is 0 Å². The summed E-state index contributed by atoms with van der Waals surface area (Å²) in [6, 6.07) is 52.0. The Bertz CT molecular complexity index is 3600. The summed E-state index contributed by atoms with van der Waals surface area (Å²) in [5.41, 5.74) is 10.3. The molecule has 0 bridgehead atoms. The molecule has 0 spiro atoms. The molecule has 5 heteroatoms. The normalized spacial score (nSPS) is 12.7. The highest BCUT2D eigenvalue weighted by molar-refractivity contribution is 6.37. The van der Waals surface area contributed by atoms with Gasteiger partial charge in [0.05, 0.1) is 38.8 Å². The standard InChI is InChI=1S/C46H24N4O/c1-4-15-33-31(12-1)43(32-14-8-13-30-28-11-3-6-18-38(28)51-45(30)32)48-46(47-33)50-36-23-20-25-9-7-17-35-39(25)41(36)42-37(50)24-21-26-19-22-29-27-10-2-5-16-34(27)49(35)44(29)40(26)42/h1-24H. The van der Waals surface area contributed by atoms with Crippen molar-refractivity contribution in [3.63, 3.8) is 0 Å². The molecule has 0 N–H and O–H groups in total. The topological polar surface area (TPSA) is 48.3 Å². The van der Waals surface area contributed by atoms with Gasteiger partial charge in [0.1, 0.15) is 11.2 Å². The molecular formula is C46H24N4O. The van der Waals surface area contributed by atoms with Crippen molar-refractivity contribution in [1.82, 2.24) is 18.9 Å². The molecule has 13 rings (SSSR count). The van der Waals surface area contributed by atoms with E-state index in [0.29, 0.717) is 5.95 Å². The molecule has 0 radical (unpaired) electrons. The largest absolute Gasteiger partial charge is 0.455 e. The lowest BCUT2D eigenvalue weighted by Gasteiger charge is -2.13. The molecule has 5 aromatic heterocycles. The van der Waals surface area contributed by atoms with E-state index in [1.54, 1.807) is 0 Å². The van der Waals surface area contributed by atoms with Gasteiger partial charge in [0.25, 0.3) is 0 Å². The third kappa shape index (κ3) is 3.09. The van der Waals surface area contributed by atoms with E-state index in [4.69, 9.17) is 14.4 Å². The fourth-order valence-corrected chi connectivity index (χ4v) is 9.17. The van der Waals surface area contributed by atoms with Crippen molar-refractivity contribution < 1.29 is 4.42 Å². The van der Waals surface area contributed by atoms with Gasteiger partial charge >= 0.3 is 0 Å². The minimum Gasteiger partial charge on any atom is -0.455 e. The number of furan rings is 1. The molecule has 51 heavy (non-hydrogen) atoms. The van der Waals surface area contributed by atoms with E-state index in [2.05, 4.69) is 142 Å². The van der Waals surface area contributed by atoms with Crippen molar-refractivity contribution >= 4 is 104 Å². The third-order valence-electron chi connectivity index (χ3n) is 11.2. The molecule has 0 unspecified atom stereocenters. The van der Waals surface area contributed by atoms with Crippen LogP contribution in [0.25, 0.3) is 121 Å². The minimum absolute atomic E-state index is 0.640. The number of fused-ring (bicyclic) bond motifs is 8. The Morgan fingerprint density at radius 3 is 2.02 bits per heavy atom. The maximum Gasteiger partial charge on any atom is 0.235 e. The smallest absolute Gasteiger partial charge is 0.235 e. The Labute approximate surface area is 288 Å². The van der Waals surface area contributed by atoms with Gasteiger partial charge in [-0.1, -0.05) is 103 Å². The second-order valence-electron chi connectivity index (χ2n) is 13.7. The van der Waals surface area contributed by atoms with E-state index in [1.165, 1.54) is 59.6 Å². The summed E-state index contributed by atoms with van der Waals surface area (Å²) in [6.45, 7) is 0. The first-order valence-corrected chi connectivity index (χ1v) is 17.3. The first-order valence-electron chi connectivity index (χ1n) is 17.3. The van der Waals surface area contributed by atoms with Crippen LogP contribution < -0.4 is 0 Å². The van der Waals surface area contributed by atoms with Gasteiger partial charge in [-0.15, -0.1) is 0 Å². The number of aromatic nitrogens is 4. The lowest BCUT2D eigenvalue weighted by atomic mass is 9.98. The third-order valence-corrected chi connectivity index (χ3v) is 11.2. The van der Waals surface area contributed by atoms with E-state index >= 15 is 0 Å². The first-order chi connectivity index (χ1) is 25.3. The van der Waals surface area contributed by atoms with Gasteiger partial charge in [0.15, 0.2) is 0 Å². The molecule has 8 aromatic carbocycles. The molecule has 0 aliphatic carbocycles. The first kappa shape index (κ1) is 26.0. The van der Waals surface area contributed by atoms with Gasteiger partial charge in [-0.2, -0.15) is 0 Å². The summed E-state index contributed by atoms with van der Waals surface area (Å²) in [5, 5.41) is 13.1. The Morgan fingerprint density at radius 1 is 0.431 bits per heavy atom. The number of benzene rings is 8. The van der Waals surface area contributed by atoms with Gasteiger partial charge in [-0.05, 0) is 53.2 Å². The Morgan fingerprint density at radius 2 is 1.12 bits per heavy atom. The Balaban J connectivity index is 1.23. The van der Waals surface area contributed by atoms with Crippen LogP contribution in [0.5, 0.6) is 0 Å². The second-order valence-corrected chi connectivity index (χ2v) is 13.7. The van der Waals surface area contributed by atoms with E-state index in [-0.39, 0.29) is 0 Å². The summed E-state index contributed by atoms with van der Waals surface area (Å²) >= 11 is 0. The fraction of sp³-hybridized carbons (Fsp3) is 0. The van der Waals surface area contributed by atoms with E-state index < -0.39 is 0 Å². The van der Waals surface area contributed by atoms with Gasteiger partial charge in [-0.25, -0.2) is 9.97 Å². The van der Waals surface area contributed by atoms with Crippen LogP contribution in [-0.4, -0.2) is 18.9 Å². The second kappa shape index (κ2) is 8.97. The van der Waals surface area contributed by atoms with Crippen LogP contribution in [-0.2, 0) is 0 Å². The zero-order chi connectivity index (χ0) is 32.9. The Kier molecular flexibility index (Phi) is 4.57. The molecule has 0 fully saturated rings. The molecule has 0 aliphatic rings.